The van der Waals surface area contributed by atoms with Crippen LogP contribution in [0.3, 0.4) is 0 Å². The lowest BCUT2D eigenvalue weighted by molar-refractivity contribution is 0.198. The summed E-state index contributed by atoms with van der Waals surface area (Å²) in [5.74, 6) is 1.16. The molecule has 3 rings (SSSR count). The van der Waals surface area contributed by atoms with Gasteiger partial charge in [-0.3, -0.25) is 0 Å². The Bertz CT molecular complexity index is 1130. The van der Waals surface area contributed by atoms with Crippen LogP contribution in [0.2, 0.25) is 0 Å². The summed E-state index contributed by atoms with van der Waals surface area (Å²) < 4.78 is 37.7. The van der Waals surface area contributed by atoms with Crippen LogP contribution >= 0.6 is 0 Å². The van der Waals surface area contributed by atoms with Gasteiger partial charge in [-0.15, -0.1) is 0 Å². The lowest BCUT2D eigenvalue weighted by atomic mass is 9.98. The van der Waals surface area contributed by atoms with Crippen molar-refractivity contribution in [2.45, 2.75) is 25.7 Å². The van der Waals surface area contributed by atoms with E-state index in [4.69, 9.17) is 9.47 Å². The maximum Gasteiger partial charge on any atom is 0.238 e. The summed E-state index contributed by atoms with van der Waals surface area (Å²) in [6.07, 6.45) is 4.83. The average molecular weight is 403 g/mol. The minimum atomic E-state index is -3.35. The molecule has 2 aromatic heterocycles. The Morgan fingerprint density at radius 2 is 1.86 bits per heavy atom. The second-order valence-electron chi connectivity index (χ2n) is 8.15. The number of aromatic nitrogens is 2. The van der Waals surface area contributed by atoms with E-state index in [0.717, 1.165) is 22.0 Å². The van der Waals surface area contributed by atoms with Gasteiger partial charge in [0, 0.05) is 42.2 Å². The van der Waals surface area contributed by atoms with Gasteiger partial charge in [0.1, 0.15) is 11.3 Å². The zero-order valence-electron chi connectivity index (χ0n) is 17.1. The third-order valence-electron chi connectivity index (χ3n) is 4.38. The predicted octanol–water partition coefficient (Wildman–Crippen LogP) is 4.08. The number of nitrogens with zero attached hydrogens (tertiary/aromatic N) is 2. The Balaban J connectivity index is 2.25. The summed E-state index contributed by atoms with van der Waals surface area (Å²) in [4.78, 5) is 4.52. The molecule has 0 bridgehead atoms. The van der Waals surface area contributed by atoms with Crippen LogP contribution in [0.1, 0.15) is 20.8 Å². The van der Waals surface area contributed by atoms with E-state index in [1.807, 2.05) is 23.9 Å². The zero-order valence-corrected chi connectivity index (χ0v) is 17.9. The number of hydrogen-bond donors (Lipinski definition) is 0. The summed E-state index contributed by atoms with van der Waals surface area (Å²) in [6, 6.07) is 6.89. The summed E-state index contributed by atoms with van der Waals surface area (Å²) in [5, 5.41) is 0.917. The second kappa shape index (κ2) is 7.13. The Morgan fingerprint density at radius 3 is 2.46 bits per heavy atom. The van der Waals surface area contributed by atoms with Crippen LogP contribution in [0.15, 0.2) is 41.6 Å². The van der Waals surface area contributed by atoms with E-state index < -0.39 is 9.84 Å². The molecule has 28 heavy (non-hydrogen) atoms. The maximum atomic E-state index is 12.1. The number of aryl methyl sites for hydroxylation is 1. The molecule has 0 saturated heterocycles. The van der Waals surface area contributed by atoms with Gasteiger partial charge in [-0.25, -0.2) is 13.4 Å². The van der Waals surface area contributed by atoms with E-state index in [9.17, 15) is 8.42 Å². The lowest BCUT2D eigenvalue weighted by Gasteiger charge is -2.20. The van der Waals surface area contributed by atoms with Gasteiger partial charge in [-0.05, 0) is 29.7 Å². The highest BCUT2D eigenvalue weighted by molar-refractivity contribution is 7.90. The minimum Gasteiger partial charge on any atom is -0.492 e. The standard InChI is InChI=1S/C21H26N2O4S/c1-21(2,3)13-27-18-8-7-14(28(6,24)25)11-16(18)17-12-23(4)19-15(17)9-10-22-20(19)26-5/h7-12H,13H2,1-6H3. The molecule has 3 aromatic rings. The van der Waals surface area contributed by atoms with Crippen molar-refractivity contribution in [2.75, 3.05) is 20.0 Å². The molecule has 6 nitrogen and oxygen atoms in total. The molecular formula is C21H26N2O4S. The highest BCUT2D eigenvalue weighted by Crippen LogP contribution is 2.39. The Labute approximate surface area is 166 Å². The first kappa shape index (κ1) is 20.2. The van der Waals surface area contributed by atoms with Gasteiger partial charge in [-0.2, -0.15) is 0 Å². The first-order chi connectivity index (χ1) is 13.0. The number of pyridine rings is 1. The molecule has 0 saturated carbocycles. The molecule has 7 heteroatoms. The number of rotatable bonds is 5. The number of ether oxygens (including phenoxy) is 2. The van der Waals surface area contributed by atoms with Gasteiger partial charge in [0.15, 0.2) is 9.84 Å². The molecule has 1 aromatic carbocycles. The molecule has 0 spiro atoms. The monoisotopic (exact) mass is 402 g/mol. The Hall–Kier alpha value is -2.54. The van der Waals surface area contributed by atoms with Crippen LogP contribution in [0.5, 0.6) is 11.6 Å². The van der Waals surface area contributed by atoms with Gasteiger partial charge < -0.3 is 14.0 Å². The van der Waals surface area contributed by atoms with Crippen LogP contribution in [0.4, 0.5) is 0 Å². The normalized spacial score (nSPS) is 12.4. The van der Waals surface area contributed by atoms with E-state index in [2.05, 4.69) is 25.8 Å². The third kappa shape index (κ3) is 3.99. The minimum absolute atomic E-state index is 0.0291. The molecule has 0 aliphatic carbocycles. The number of fused-ring (bicyclic) bond motifs is 1. The molecule has 0 aliphatic heterocycles. The van der Waals surface area contributed by atoms with E-state index in [-0.39, 0.29) is 10.3 Å². The molecular weight excluding hydrogens is 376 g/mol. The average Bonchev–Trinajstić information content (AvgIpc) is 2.95. The summed E-state index contributed by atoms with van der Waals surface area (Å²) in [7, 11) is 0.137. The third-order valence-corrected chi connectivity index (χ3v) is 5.49. The van der Waals surface area contributed by atoms with Crippen molar-refractivity contribution in [3.8, 4) is 22.8 Å². The van der Waals surface area contributed by atoms with Crippen molar-refractivity contribution in [2.24, 2.45) is 12.5 Å². The second-order valence-corrected chi connectivity index (χ2v) is 10.2. The molecule has 150 valence electrons. The van der Waals surface area contributed by atoms with Crippen LogP contribution in [-0.2, 0) is 16.9 Å². The molecule has 0 aliphatic rings. The largest absolute Gasteiger partial charge is 0.492 e. The molecule has 0 amide bonds. The van der Waals surface area contributed by atoms with E-state index >= 15 is 0 Å². The fourth-order valence-corrected chi connectivity index (χ4v) is 3.70. The highest BCUT2D eigenvalue weighted by atomic mass is 32.2. The molecule has 0 unspecified atom stereocenters. The fraction of sp³-hybridized carbons (Fsp3) is 0.381. The van der Waals surface area contributed by atoms with Gasteiger partial charge in [-0.1, -0.05) is 20.8 Å². The first-order valence-electron chi connectivity index (χ1n) is 8.96. The first-order valence-corrected chi connectivity index (χ1v) is 10.9. The van der Waals surface area contributed by atoms with Crippen molar-refractivity contribution in [3.63, 3.8) is 0 Å². The smallest absolute Gasteiger partial charge is 0.238 e. The van der Waals surface area contributed by atoms with Crippen molar-refractivity contribution in [1.29, 1.82) is 0 Å². The van der Waals surface area contributed by atoms with Crippen LogP contribution in [-0.4, -0.2) is 37.9 Å². The van der Waals surface area contributed by atoms with Gasteiger partial charge in [0.2, 0.25) is 5.88 Å². The number of methoxy groups -OCH3 is 1. The Kier molecular flexibility index (Phi) is 5.14. The van der Waals surface area contributed by atoms with Crippen molar-refractivity contribution in [1.82, 2.24) is 9.55 Å². The number of sulfone groups is 1. The fourth-order valence-electron chi connectivity index (χ4n) is 3.06. The summed E-state index contributed by atoms with van der Waals surface area (Å²) in [6.45, 7) is 6.78. The summed E-state index contributed by atoms with van der Waals surface area (Å²) >= 11 is 0. The maximum absolute atomic E-state index is 12.1. The van der Waals surface area contributed by atoms with Gasteiger partial charge in [0.05, 0.1) is 18.6 Å². The number of benzene rings is 1. The van der Waals surface area contributed by atoms with Gasteiger partial charge in [0.25, 0.3) is 0 Å². The van der Waals surface area contributed by atoms with Crippen molar-refractivity contribution in [3.05, 3.63) is 36.7 Å². The number of hydrogen-bond acceptors (Lipinski definition) is 5. The molecule has 0 atom stereocenters. The van der Waals surface area contributed by atoms with Crippen LogP contribution < -0.4 is 9.47 Å². The summed E-state index contributed by atoms with van der Waals surface area (Å²) in [5.41, 5.74) is 2.41. The predicted molar refractivity (Wildman–Crippen MR) is 111 cm³/mol. The van der Waals surface area contributed by atoms with Crippen LogP contribution in [0, 0.1) is 5.41 Å². The van der Waals surface area contributed by atoms with E-state index in [1.54, 1.807) is 31.5 Å². The van der Waals surface area contributed by atoms with Crippen molar-refractivity contribution < 1.29 is 17.9 Å². The topological polar surface area (TPSA) is 70.4 Å². The molecule has 0 radical (unpaired) electrons. The zero-order chi connectivity index (χ0) is 20.7. The molecule has 0 fully saturated rings. The van der Waals surface area contributed by atoms with Crippen LogP contribution in [0.25, 0.3) is 22.0 Å². The SMILES string of the molecule is COc1nccc2c(-c3cc(S(C)(=O)=O)ccc3OCC(C)(C)C)cn(C)c12. The highest BCUT2D eigenvalue weighted by Gasteiger charge is 2.20. The van der Waals surface area contributed by atoms with E-state index in [1.165, 1.54) is 6.26 Å². The lowest BCUT2D eigenvalue weighted by Crippen LogP contribution is -2.17. The molecule has 0 N–H and O–H groups in total. The van der Waals surface area contributed by atoms with Gasteiger partial charge >= 0.3 is 0 Å². The molecule has 2 heterocycles. The van der Waals surface area contributed by atoms with E-state index in [0.29, 0.717) is 18.2 Å². The Morgan fingerprint density at radius 1 is 1.14 bits per heavy atom. The van der Waals surface area contributed by atoms with Crippen molar-refractivity contribution >= 4 is 20.7 Å². The quantitative estimate of drug-likeness (QED) is 0.643.